The normalized spacial score (nSPS) is 18.5. The van der Waals surface area contributed by atoms with Crippen LogP contribution in [0.4, 0.5) is 5.82 Å². The Morgan fingerprint density at radius 3 is 2.36 bits per heavy atom. The van der Waals surface area contributed by atoms with Crippen LogP contribution in [-0.2, 0) is 9.59 Å². The van der Waals surface area contributed by atoms with Gasteiger partial charge >= 0.3 is 0 Å². The fraction of sp³-hybridized carbons (Fsp3) is 0.632. The maximum absolute atomic E-state index is 12.4. The van der Waals surface area contributed by atoms with Crippen molar-refractivity contribution < 1.29 is 9.59 Å². The van der Waals surface area contributed by atoms with Crippen LogP contribution in [0.25, 0.3) is 0 Å². The molecule has 0 radical (unpaired) electrons. The molecule has 2 fully saturated rings. The molecule has 0 atom stereocenters. The highest BCUT2D eigenvalue weighted by molar-refractivity contribution is 5.86. The van der Waals surface area contributed by atoms with E-state index in [1.54, 1.807) is 6.20 Å². The second kappa shape index (κ2) is 11.4. The number of anilines is 1. The van der Waals surface area contributed by atoms with Crippen LogP contribution in [0.15, 0.2) is 24.4 Å². The predicted molar refractivity (Wildman–Crippen MR) is 115 cm³/mol. The highest BCUT2D eigenvalue weighted by atomic mass is 35.5. The summed E-state index contributed by atoms with van der Waals surface area (Å²) in [6.07, 6.45) is 6.74. The minimum Gasteiger partial charge on any atom is -0.354 e. The predicted octanol–water partition coefficient (Wildman–Crippen LogP) is 1.74. The van der Waals surface area contributed by atoms with Gasteiger partial charge in [0.1, 0.15) is 5.82 Å². The molecule has 2 amide bonds. The molecular weight excluding hydrogens is 401 g/mol. The number of aromatic nitrogens is 1. The van der Waals surface area contributed by atoms with E-state index in [1.165, 1.54) is 0 Å². The summed E-state index contributed by atoms with van der Waals surface area (Å²) in [5.74, 6) is 0.929. The van der Waals surface area contributed by atoms with Crippen molar-refractivity contribution in [1.29, 1.82) is 0 Å². The lowest BCUT2D eigenvalue weighted by Gasteiger charge is -2.35. The van der Waals surface area contributed by atoms with E-state index in [1.807, 2.05) is 23.1 Å². The average molecular weight is 432 g/mol. The number of carbonyl (C=O) groups excluding carboxylic acids is 2. The summed E-state index contributed by atoms with van der Waals surface area (Å²) in [6.45, 7) is 3.29. The van der Waals surface area contributed by atoms with Gasteiger partial charge in [-0.2, -0.15) is 0 Å². The van der Waals surface area contributed by atoms with E-state index in [0.29, 0.717) is 26.1 Å². The number of pyridine rings is 1. The highest BCUT2D eigenvalue weighted by Gasteiger charge is 2.35. The molecule has 28 heavy (non-hydrogen) atoms. The van der Waals surface area contributed by atoms with Gasteiger partial charge < -0.3 is 20.9 Å². The van der Waals surface area contributed by atoms with Crippen LogP contribution in [0.5, 0.6) is 0 Å². The molecule has 2 heterocycles. The molecule has 1 aromatic heterocycles. The Labute approximate surface area is 179 Å². The molecule has 158 valence electrons. The summed E-state index contributed by atoms with van der Waals surface area (Å²) in [4.78, 5) is 33.1. The largest absolute Gasteiger partial charge is 0.354 e. The van der Waals surface area contributed by atoms with Crippen molar-refractivity contribution in [3.8, 4) is 0 Å². The first-order valence-corrected chi connectivity index (χ1v) is 9.59. The van der Waals surface area contributed by atoms with E-state index in [4.69, 9.17) is 5.73 Å². The number of halogens is 2. The zero-order valence-corrected chi connectivity index (χ0v) is 17.8. The van der Waals surface area contributed by atoms with Gasteiger partial charge in [-0.15, -0.1) is 24.8 Å². The van der Waals surface area contributed by atoms with E-state index in [9.17, 15) is 9.59 Å². The Bertz CT molecular complexity index is 618. The summed E-state index contributed by atoms with van der Waals surface area (Å²) < 4.78 is 0. The van der Waals surface area contributed by atoms with Crippen LogP contribution < -0.4 is 16.0 Å². The van der Waals surface area contributed by atoms with Gasteiger partial charge in [0, 0.05) is 45.3 Å². The van der Waals surface area contributed by atoms with E-state index in [2.05, 4.69) is 15.2 Å². The number of nitrogens with zero attached hydrogens (tertiary/aromatic N) is 3. The van der Waals surface area contributed by atoms with Crippen molar-refractivity contribution in [1.82, 2.24) is 15.2 Å². The number of hydrogen-bond acceptors (Lipinski definition) is 5. The van der Waals surface area contributed by atoms with Gasteiger partial charge in [-0.1, -0.05) is 25.3 Å². The third kappa shape index (κ3) is 6.22. The van der Waals surface area contributed by atoms with Crippen LogP contribution in [0.1, 0.15) is 38.5 Å². The molecule has 7 nitrogen and oxygen atoms in total. The third-order valence-electron chi connectivity index (χ3n) is 5.43. The quantitative estimate of drug-likeness (QED) is 0.740. The van der Waals surface area contributed by atoms with Gasteiger partial charge in [-0.3, -0.25) is 9.59 Å². The Balaban J connectivity index is 0.00000196. The lowest BCUT2D eigenvalue weighted by Crippen LogP contribution is -2.55. The molecule has 1 saturated carbocycles. The van der Waals surface area contributed by atoms with Crippen LogP contribution in [0, 0.1) is 0 Å². The smallest absolute Gasteiger partial charge is 0.240 e. The van der Waals surface area contributed by atoms with E-state index < -0.39 is 5.54 Å². The molecule has 3 rings (SSSR count). The molecule has 9 heteroatoms. The molecular formula is C19H31Cl2N5O2. The summed E-state index contributed by atoms with van der Waals surface area (Å²) in [6, 6.07) is 5.86. The van der Waals surface area contributed by atoms with E-state index >= 15 is 0 Å². The summed E-state index contributed by atoms with van der Waals surface area (Å²) in [7, 11) is 0. The zero-order valence-electron chi connectivity index (χ0n) is 16.1. The monoisotopic (exact) mass is 431 g/mol. The van der Waals surface area contributed by atoms with Crippen molar-refractivity contribution in [3.63, 3.8) is 0 Å². The fourth-order valence-corrected chi connectivity index (χ4v) is 3.75. The first kappa shape index (κ1) is 24.5. The van der Waals surface area contributed by atoms with Gasteiger partial charge in [0.05, 0.1) is 5.54 Å². The maximum atomic E-state index is 12.4. The minimum atomic E-state index is -0.740. The molecule has 0 bridgehead atoms. The number of amides is 2. The number of piperazine rings is 1. The van der Waals surface area contributed by atoms with Gasteiger partial charge in [-0.05, 0) is 25.0 Å². The van der Waals surface area contributed by atoms with E-state index in [0.717, 1.165) is 51.0 Å². The first-order valence-electron chi connectivity index (χ1n) is 9.59. The molecule has 1 aliphatic carbocycles. The Morgan fingerprint density at radius 2 is 1.75 bits per heavy atom. The van der Waals surface area contributed by atoms with Gasteiger partial charge in [-0.25, -0.2) is 4.98 Å². The number of carbonyl (C=O) groups is 2. The van der Waals surface area contributed by atoms with Crippen molar-refractivity contribution in [3.05, 3.63) is 24.4 Å². The first-order chi connectivity index (χ1) is 12.6. The molecule has 1 saturated heterocycles. The molecule has 2 aliphatic rings. The number of nitrogens with one attached hydrogen (secondary N) is 1. The molecule has 1 aromatic rings. The van der Waals surface area contributed by atoms with Crippen molar-refractivity contribution in [2.75, 3.05) is 37.6 Å². The number of rotatable bonds is 5. The molecule has 3 N–H and O–H groups in total. The molecule has 1 aliphatic heterocycles. The van der Waals surface area contributed by atoms with Gasteiger partial charge in [0.25, 0.3) is 0 Å². The van der Waals surface area contributed by atoms with Gasteiger partial charge in [0.15, 0.2) is 0 Å². The highest BCUT2D eigenvalue weighted by Crippen LogP contribution is 2.25. The summed E-state index contributed by atoms with van der Waals surface area (Å²) in [5.41, 5.74) is 5.47. The number of nitrogens with two attached hydrogens (primary N) is 1. The van der Waals surface area contributed by atoms with Crippen LogP contribution in [0.2, 0.25) is 0 Å². The number of hydrogen-bond donors (Lipinski definition) is 2. The second-order valence-electron chi connectivity index (χ2n) is 7.28. The zero-order chi connectivity index (χ0) is 18.4. The third-order valence-corrected chi connectivity index (χ3v) is 5.43. The molecule has 0 unspecified atom stereocenters. The SMILES string of the molecule is Cl.Cl.NC1(C(=O)NCCC(=O)N2CCN(c3ccccn3)CC2)CCCCC1. The lowest BCUT2D eigenvalue weighted by molar-refractivity contribution is -0.131. The fourth-order valence-electron chi connectivity index (χ4n) is 3.75. The van der Waals surface area contributed by atoms with Crippen LogP contribution in [0.3, 0.4) is 0 Å². The Kier molecular flexibility index (Phi) is 9.99. The Hall–Kier alpha value is -1.57. The Morgan fingerprint density at radius 1 is 1.07 bits per heavy atom. The van der Waals surface area contributed by atoms with E-state index in [-0.39, 0.29) is 36.6 Å². The van der Waals surface area contributed by atoms with Crippen molar-refractivity contribution in [2.24, 2.45) is 5.73 Å². The minimum absolute atomic E-state index is 0. The second-order valence-corrected chi connectivity index (χ2v) is 7.28. The topological polar surface area (TPSA) is 91.6 Å². The van der Waals surface area contributed by atoms with Crippen molar-refractivity contribution in [2.45, 2.75) is 44.1 Å². The van der Waals surface area contributed by atoms with Crippen LogP contribution >= 0.6 is 24.8 Å². The standard InChI is InChI=1S/C19H29N5O2.2ClH/c20-19(8-3-1-4-9-19)18(26)22-11-7-17(25)24-14-12-23(13-15-24)16-6-2-5-10-21-16;;/h2,5-6,10H,1,3-4,7-9,11-15,20H2,(H,22,26);2*1H. The molecule has 0 aromatic carbocycles. The maximum Gasteiger partial charge on any atom is 0.240 e. The van der Waals surface area contributed by atoms with Crippen LogP contribution in [-0.4, -0.2) is 60.0 Å². The lowest BCUT2D eigenvalue weighted by atomic mass is 9.82. The molecule has 0 spiro atoms. The van der Waals surface area contributed by atoms with Crippen molar-refractivity contribution >= 4 is 42.4 Å². The summed E-state index contributed by atoms with van der Waals surface area (Å²) >= 11 is 0. The summed E-state index contributed by atoms with van der Waals surface area (Å²) in [5, 5.41) is 2.87. The van der Waals surface area contributed by atoms with Gasteiger partial charge in [0.2, 0.25) is 11.8 Å². The average Bonchev–Trinajstić information content (AvgIpc) is 2.69.